The highest BCUT2D eigenvalue weighted by atomic mass is 16.5. The summed E-state index contributed by atoms with van der Waals surface area (Å²) >= 11 is 0. The van der Waals surface area contributed by atoms with Gasteiger partial charge in [-0.05, 0) is 80.5 Å². The second kappa shape index (κ2) is 15.1. The highest BCUT2D eigenvalue weighted by molar-refractivity contribution is 6.37. The van der Waals surface area contributed by atoms with E-state index in [2.05, 4.69) is 48.5 Å². The number of likely N-dealkylation sites (tertiary alicyclic amines) is 1. The van der Waals surface area contributed by atoms with Gasteiger partial charge in [0.2, 0.25) is 17.6 Å². The molecule has 1 unspecified atom stereocenters. The molecular weight excluding hydrogens is 672 g/mol. The summed E-state index contributed by atoms with van der Waals surface area (Å²) in [5, 5.41) is 9.36. The van der Waals surface area contributed by atoms with Crippen LogP contribution in [-0.4, -0.2) is 102 Å². The lowest BCUT2D eigenvalue weighted by atomic mass is 9.73. The molecule has 5 N–H and O–H groups in total. The van der Waals surface area contributed by atoms with Gasteiger partial charge >= 0.3 is 6.03 Å². The van der Waals surface area contributed by atoms with Gasteiger partial charge in [-0.2, -0.15) is 0 Å². The molecule has 6 aliphatic rings. The van der Waals surface area contributed by atoms with Crippen molar-refractivity contribution in [1.29, 1.82) is 0 Å². The minimum Gasteiger partial charge on any atom is -0.373 e. The first-order valence-electron chi connectivity index (χ1n) is 20.8. The molecule has 5 amide bonds. The van der Waals surface area contributed by atoms with Crippen LogP contribution in [0.1, 0.15) is 132 Å². The minimum atomic E-state index is -1.06. The second-order valence-electron chi connectivity index (χ2n) is 19.5. The van der Waals surface area contributed by atoms with E-state index >= 15 is 0 Å². The van der Waals surface area contributed by atoms with E-state index in [4.69, 9.17) is 10.5 Å². The van der Waals surface area contributed by atoms with E-state index in [1.807, 2.05) is 20.8 Å². The van der Waals surface area contributed by atoms with Crippen molar-refractivity contribution < 1.29 is 28.7 Å². The number of urea groups is 1. The van der Waals surface area contributed by atoms with Crippen molar-refractivity contribution in [2.45, 2.75) is 168 Å². The van der Waals surface area contributed by atoms with Crippen molar-refractivity contribution in [2.24, 2.45) is 39.2 Å². The van der Waals surface area contributed by atoms with E-state index in [1.165, 1.54) is 6.42 Å². The van der Waals surface area contributed by atoms with Gasteiger partial charge in [-0.15, -0.1) is 0 Å². The first-order chi connectivity index (χ1) is 24.9. The van der Waals surface area contributed by atoms with E-state index in [0.717, 1.165) is 83.8 Å². The monoisotopic (exact) mass is 741 g/mol. The molecule has 0 aromatic rings. The van der Waals surface area contributed by atoms with Gasteiger partial charge in [-0.25, -0.2) is 4.79 Å². The Hall–Kier alpha value is -2.73. The van der Waals surface area contributed by atoms with Crippen LogP contribution in [0.5, 0.6) is 0 Å². The van der Waals surface area contributed by atoms with Crippen LogP contribution in [0, 0.1) is 33.5 Å². The molecule has 4 aliphatic carbocycles. The zero-order valence-electron chi connectivity index (χ0n) is 33.6. The number of nitrogens with two attached hydrogens (primary N) is 1. The Kier molecular flexibility index (Phi) is 11.4. The average Bonchev–Trinajstić information content (AvgIpc) is 3.25. The predicted octanol–water partition coefficient (Wildman–Crippen LogP) is 4.29. The van der Waals surface area contributed by atoms with Crippen molar-refractivity contribution in [3.05, 3.63) is 0 Å². The molecule has 12 nitrogen and oxygen atoms in total. The van der Waals surface area contributed by atoms with Crippen molar-refractivity contribution in [2.75, 3.05) is 26.2 Å². The lowest BCUT2D eigenvalue weighted by molar-refractivity contribution is -0.143. The number of hydrogen-bond acceptors (Lipinski definition) is 7. The van der Waals surface area contributed by atoms with E-state index < -0.39 is 41.1 Å². The standard InChI is InChI=1S/C41H68N6O6/c1-25-21-46(22-26(2)53-25)23-30(28-15-9-8-10-16-28)44-37(52)45-33(38(3,4)5)36(51)47-24-41(39(6,7)40(41)17-12-18-40)20-31(47)35(50)43-29(32(48)34(42)49)19-27-13-11-14-27/h25-31,33H,8-24H2,1-7H3,(H2,42,49)(H,43,50)(H2,44,45,52)/t25-,26-,29?,30+,31-,33+,41+/m0/s1. The van der Waals surface area contributed by atoms with Crippen molar-refractivity contribution in [1.82, 2.24) is 25.8 Å². The summed E-state index contributed by atoms with van der Waals surface area (Å²) in [7, 11) is 0. The lowest BCUT2D eigenvalue weighted by Gasteiger charge is -2.40. The van der Waals surface area contributed by atoms with Crippen LogP contribution in [0.25, 0.3) is 0 Å². The maximum absolute atomic E-state index is 15.0. The molecule has 2 saturated heterocycles. The first kappa shape index (κ1) is 39.9. The maximum atomic E-state index is 15.0. The summed E-state index contributed by atoms with van der Waals surface area (Å²) < 4.78 is 5.99. The third-order valence-electron chi connectivity index (χ3n) is 14.9. The zero-order valence-corrected chi connectivity index (χ0v) is 33.6. The minimum absolute atomic E-state index is 0.0612. The van der Waals surface area contributed by atoms with E-state index in [1.54, 1.807) is 4.90 Å². The van der Waals surface area contributed by atoms with E-state index in [-0.39, 0.29) is 52.4 Å². The maximum Gasteiger partial charge on any atom is 0.315 e. The molecule has 0 aromatic heterocycles. The number of amides is 5. The topological polar surface area (TPSA) is 163 Å². The number of hydrogen-bond donors (Lipinski definition) is 4. The summed E-state index contributed by atoms with van der Waals surface area (Å²) in [6.45, 7) is 17.3. The van der Waals surface area contributed by atoms with Crippen LogP contribution in [-0.2, 0) is 23.9 Å². The number of carbonyl (C=O) groups is 5. The molecule has 12 heteroatoms. The fourth-order valence-electron chi connectivity index (χ4n) is 11.5. The highest BCUT2D eigenvalue weighted by Crippen LogP contribution is 2.88. The summed E-state index contributed by atoms with van der Waals surface area (Å²) in [6.07, 6.45) is 12.9. The van der Waals surface area contributed by atoms with Crippen molar-refractivity contribution in [3.8, 4) is 0 Å². The highest BCUT2D eigenvalue weighted by Gasteiger charge is 2.85. The molecule has 7 atom stereocenters. The second-order valence-corrected chi connectivity index (χ2v) is 19.5. The van der Waals surface area contributed by atoms with Gasteiger partial charge in [0.05, 0.1) is 18.2 Å². The molecule has 0 bridgehead atoms. The largest absolute Gasteiger partial charge is 0.373 e. The molecule has 6 fully saturated rings. The molecule has 4 saturated carbocycles. The van der Waals surface area contributed by atoms with Gasteiger partial charge in [0.25, 0.3) is 5.91 Å². The Labute approximate surface area is 317 Å². The summed E-state index contributed by atoms with van der Waals surface area (Å²) in [4.78, 5) is 72.5. The smallest absolute Gasteiger partial charge is 0.315 e. The Balaban J connectivity index is 1.22. The van der Waals surface area contributed by atoms with Gasteiger partial charge in [0.1, 0.15) is 12.1 Å². The van der Waals surface area contributed by atoms with Gasteiger partial charge < -0.3 is 31.3 Å². The van der Waals surface area contributed by atoms with Gasteiger partial charge in [-0.3, -0.25) is 24.1 Å². The van der Waals surface area contributed by atoms with Crippen LogP contribution in [0.2, 0.25) is 0 Å². The fraction of sp³-hybridized carbons (Fsp3) is 0.878. The average molecular weight is 741 g/mol. The molecule has 2 spiro atoms. The molecule has 0 radical (unpaired) electrons. The Bertz CT molecular complexity index is 1400. The van der Waals surface area contributed by atoms with E-state index in [0.29, 0.717) is 25.3 Å². The molecule has 2 heterocycles. The van der Waals surface area contributed by atoms with Crippen LogP contribution in [0.3, 0.4) is 0 Å². The van der Waals surface area contributed by atoms with Crippen LogP contribution < -0.4 is 21.7 Å². The third kappa shape index (κ3) is 7.61. The normalized spacial score (nSPS) is 31.5. The quantitative estimate of drug-likeness (QED) is 0.217. The van der Waals surface area contributed by atoms with Crippen LogP contribution in [0.4, 0.5) is 4.79 Å². The van der Waals surface area contributed by atoms with Crippen LogP contribution in [0.15, 0.2) is 0 Å². The van der Waals surface area contributed by atoms with Crippen LogP contribution >= 0.6 is 0 Å². The third-order valence-corrected chi connectivity index (χ3v) is 14.9. The Morgan fingerprint density at radius 1 is 0.849 bits per heavy atom. The molecule has 53 heavy (non-hydrogen) atoms. The number of morpholine rings is 1. The number of fused-ring (bicyclic) bond motifs is 1. The lowest BCUT2D eigenvalue weighted by Crippen LogP contribution is -2.62. The van der Waals surface area contributed by atoms with E-state index in [9.17, 15) is 24.0 Å². The fourth-order valence-corrected chi connectivity index (χ4v) is 11.5. The molecule has 2 aliphatic heterocycles. The SMILES string of the molecule is C[C@H]1CN(C[C@@H](NC(=O)N[C@H](C(=O)N2C[C@]3(C[C@H]2C(=O)NC(CC2CCC2)C(=O)C(N)=O)C(C)(C)C32CCC2)C(C)(C)C)C2CCCCC2)C[C@H](C)O1. The van der Waals surface area contributed by atoms with Gasteiger partial charge in [0, 0.05) is 37.6 Å². The number of ketones is 1. The number of nitrogens with zero attached hydrogens (tertiary/aromatic N) is 2. The number of Topliss-reactive ketones (excluding diaryl/α,β-unsaturated/α-hetero) is 1. The summed E-state index contributed by atoms with van der Waals surface area (Å²) in [6, 6.07) is -3.19. The summed E-state index contributed by atoms with van der Waals surface area (Å²) in [5.74, 6) is -1.97. The first-order valence-corrected chi connectivity index (χ1v) is 20.8. The van der Waals surface area contributed by atoms with Gasteiger partial charge in [-0.1, -0.05) is 79.6 Å². The number of carbonyl (C=O) groups excluding carboxylic acids is 5. The van der Waals surface area contributed by atoms with Crippen molar-refractivity contribution >= 4 is 29.5 Å². The number of rotatable bonds is 12. The molecule has 0 aromatic carbocycles. The van der Waals surface area contributed by atoms with Crippen molar-refractivity contribution in [3.63, 3.8) is 0 Å². The number of primary amides is 1. The zero-order chi connectivity index (χ0) is 38.5. The van der Waals surface area contributed by atoms with Gasteiger partial charge in [0.15, 0.2) is 0 Å². The Morgan fingerprint density at radius 2 is 1.49 bits per heavy atom. The molecule has 298 valence electrons. The number of nitrogens with one attached hydrogen (secondary N) is 3. The Morgan fingerprint density at radius 3 is 2.00 bits per heavy atom. The number of ether oxygens (including phenoxy) is 1. The molecule has 6 rings (SSSR count). The summed E-state index contributed by atoms with van der Waals surface area (Å²) in [5.41, 5.74) is 4.54. The molecular formula is C41H68N6O6. The predicted molar refractivity (Wildman–Crippen MR) is 202 cm³/mol.